The molecule has 0 saturated heterocycles. The molecular weight excluding hydrogens is 257 g/mol. The molecule has 1 aliphatic rings. The van der Waals surface area contributed by atoms with Crippen LogP contribution in [0.25, 0.3) is 0 Å². The second-order valence-electron chi connectivity index (χ2n) is 5.50. The molecule has 0 aromatic carbocycles. The Balaban J connectivity index is 2.58. The van der Waals surface area contributed by atoms with Gasteiger partial charge >= 0.3 is 6.18 Å². The van der Waals surface area contributed by atoms with E-state index in [2.05, 4.69) is 0 Å². The second-order valence-corrected chi connectivity index (χ2v) is 5.50. The van der Waals surface area contributed by atoms with Gasteiger partial charge in [-0.25, -0.2) is 0 Å². The average Bonchev–Trinajstić information content (AvgIpc) is 3.14. The van der Waals surface area contributed by atoms with Crippen LogP contribution in [-0.2, 0) is 4.79 Å². The van der Waals surface area contributed by atoms with Crippen LogP contribution in [0.5, 0.6) is 0 Å². The lowest BCUT2D eigenvalue weighted by Crippen LogP contribution is -2.48. The molecule has 1 amide bonds. The molecule has 2 N–H and O–H groups in total. The molecule has 1 fully saturated rings. The van der Waals surface area contributed by atoms with Gasteiger partial charge in [0.1, 0.15) is 0 Å². The molecule has 112 valence electrons. The van der Waals surface area contributed by atoms with Crippen molar-refractivity contribution in [1.29, 1.82) is 0 Å². The number of nitrogens with zero attached hydrogens (tertiary/aromatic N) is 1. The monoisotopic (exact) mass is 280 g/mol. The highest BCUT2D eigenvalue weighted by Crippen LogP contribution is 2.31. The third-order valence-electron chi connectivity index (χ3n) is 3.69. The van der Waals surface area contributed by atoms with Gasteiger partial charge in [-0.05, 0) is 24.7 Å². The Morgan fingerprint density at radius 1 is 1.42 bits per heavy atom. The summed E-state index contributed by atoms with van der Waals surface area (Å²) in [6, 6.07) is -0.697. The van der Waals surface area contributed by atoms with Crippen LogP contribution in [0.1, 0.15) is 39.5 Å². The Morgan fingerprint density at radius 2 is 2.00 bits per heavy atom. The van der Waals surface area contributed by atoms with E-state index in [1.165, 1.54) is 4.90 Å². The number of rotatable bonds is 7. The quantitative estimate of drug-likeness (QED) is 0.779. The van der Waals surface area contributed by atoms with Gasteiger partial charge in [-0.2, -0.15) is 13.2 Å². The fourth-order valence-corrected chi connectivity index (χ4v) is 1.87. The molecule has 0 aromatic heterocycles. The minimum Gasteiger partial charge on any atom is -0.341 e. The summed E-state index contributed by atoms with van der Waals surface area (Å²) >= 11 is 0. The van der Waals surface area contributed by atoms with Crippen LogP contribution in [0.4, 0.5) is 13.2 Å². The van der Waals surface area contributed by atoms with Crippen LogP contribution >= 0.6 is 0 Å². The van der Waals surface area contributed by atoms with Crippen LogP contribution in [0.3, 0.4) is 0 Å². The Bertz CT molecular complexity index is 303. The van der Waals surface area contributed by atoms with E-state index in [1.54, 1.807) is 0 Å². The summed E-state index contributed by atoms with van der Waals surface area (Å²) in [6.45, 7) is 3.91. The summed E-state index contributed by atoms with van der Waals surface area (Å²) in [7, 11) is 0. The minimum atomic E-state index is -4.23. The van der Waals surface area contributed by atoms with Gasteiger partial charge in [0.15, 0.2) is 0 Å². The van der Waals surface area contributed by atoms with Crippen LogP contribution in [0.2, 0.25) is 0 Å². The van der Waals surface area contributed by atoms with Crippen molar-refractivity contribution in [3.05, 3.63) is 0 Å². The number of carbonyl (C=O) groups excluding carboxylic acids is 1. The Morgan fingerprint density at radius 3 is 2.42 bits per heavy atom. The van der Waals surface area contributed by atoms with Crippen LogP contribution in [0.15, 0.2) is 0 Å². The van der Waals surface area contributed by atoms with Crippen molar-refractivity contribution < 1.29 is 18.0 Å². The highest BCUT2D eigenvalue weighted by Gasteiger charge is 2.34. The second kappa shape index (κ2) is 6.59. The number of nitrogens with two attached hydrogens (primary N) is 1. The minimum absolute atomic E-state index is 0.0138. The van der Waals surface area contributed by atoms with Crippen molar-refractivity contribution in [2.24, 2.45) is 17.6 Å². The van der Waals surface area contributed by atoms with Gasteiger partial charge in [-0.15, -0.1) is 0 Å². The van der Waals surface area contributed by atoms with Gasteiger partial charge in [-0.1, -0.05) is 20.3 Å². The highest BCUT2D eigenvalue weighted by atomic mass is 19.4. The van der Waals surface area contributed by atoms with Crippen LogP contribution < -0.4 is 5.73 Å². The first-order chi connectivity index (χ1) is 8.74. The first-order valence-corrected chi connectivity index (χ1v) is 6.85. The van der Waals surface area contributed by atoms with Gasteiger partial charge in [0, 0.05) is 13.1 Å². The molecule has 6 heteroatoms. The highest BCUT2D eigenvalue weighted by molar-refractivity contribution is 5.82. The maximum atomic E-state index is 12.3. The summed E-state index contributed by atoms with van der Waals surface area (Å²) in [5.74, 6) is 0.00639. The smallest absolute Gasteiger partial charge is 0.341 e. The average molecular weight is 280 g/mol. The van der Waals surface area contributed by atoms with Gasteiger partial charge in [0.2, 0.25) is 5.91 Å². The largest absolute Gasteiger partial charge is 0.390 e. The number of hydrogen-bond donors (Lipinski definition) is 1. The summed E-state index contributed by atoms with van der Waals surface area (Å²) in [5.41, 5.74) is 5.84. The van der Waals surface area contributed by atoms with Crippen molar-refractivity contribution >= 4 is 5.91 Å². The topological polar surface area (TPSA) is 46.3 Å². The fraction of sp³-hybridized carbons (Fsp3) is 0.923. The van der Waals surface area contributed by atoms with Crippen molar-refractivity contribution in [2.45, 2.75) is 51.7 Å². The lowest BCUT2D eigenvalue weighted by molar-refractivity contribution is -0.146. The molecule has 1 rings (SSSR count). The van der Waals surface area contributed by atoms with Gasteiger partial charge in [-0.3, -0.25) is 4.79 Å². The molecule has 0 aromatic rings. The van der Waals surface area contributed by atoms with Crippen molar-refractivity contribution in [3.63, 3.8) is 0 Å². The van der Waals surface area contributed by atoms with E-state index in [0.29, 0.717) is 12.5 Å². The zero-order valence-corrected chi connectivity index (χ0v) is 11.5. The number of carbonyl (C=O) groups is 1. The predicted octanol–water partition coefficient (Wildman–Crippen LogP) is 2.55. The molecule has 0 radical (unpaired) electrons. The summed E-state index contributed by atoms with van der Waals surface area (Å²) < 4.78 is 36.9. The SMILES string of the molecule is CCC(C)C(N)C(=O)N(CCC(F)(F)F)CC1CC1. The molecule has 0 spiro atoms. The molecular formula is C13H23F3N2O. The molecule has 2 atom stereocenters. The standard InChI is InChI=1S/C13H23F3N2O/c1-3-9(2)11(17)12(19)18(8-10-4-5-10)7-6-13(14,15)16/h9-11H,3-8,17H2,1-2H3. The summed E-state index contributed by atoms with van der Waals surface area (Å²) in [5, 5.41) is 0. The van der Waals surface area contributed by atoms with E-state index in [1.807, 2.05) is 13.8 Å². The summed E-state index contributed by atoms with van der Waals surface area (Å²) in [4.78, 5) is 13.5. The zero-order valence-electron chi connectivity index (χ0n) is 11.5. The fourth-order valence-electron chi connectivity index (χ4n) is 1.87. The molecule has 0 aliphatic heterocycles. The van der Waals surface area contributed by atoms with Crippen molar-refractivity contribution in [1.82, 2.24) is 4.90 Å². The summed E-state index contributed by atoms with van der Waals surface area (Å²) in [6.07, 6.45) is -2.46. The van der Waals surface area contributed by atoms with Crippen LogP contribution in [0, 0.1) is 11.8 Å². The molecule has 2 unspecified atom stereocenters. The van der Waals surface area contributed by atoms with Crippen molar-refractivity contribution in [3.8, 4) is 0 Å². The maximum absolute atomic E-state index is 12.3. The van der Waals surface area contributed by atoms with E-state index in [-0.39, 0.29) is 18.4 Å². The van der Waals surface area contributed by atoms with Crippen LogP contribution in [-0.4, -0.2) is 36.1 Å². The van der Waals surface area contributed by atoms with E-state index < -0.39 is 18.6 Å². The number of hydrogen-bond acceptors (Lipinski definition) is 2. The predicted molar refractivity (Wildman–Crippen MR) is 67.4 cm³/mol. The molecule has 0 heterocycles. The normalized spacial score (nSPS) is 19.1. The molecule has 0 bridgehead atoms. The van der Waals surface area contributed by atoms with Gasteiger partial charge in [0.25, 0.3) is 0 Å². The van der Waals surface area contributed by atoms with Gasteiger partial charge < -0.3 is 10.6 Å². The Labute approximate surface area is 112 Å². The maximum Gasteiger partial charge on any atom is 0.390 e. The Hall–Kier alpha value is -0.780. The lowest BCUT2D eigenvalue weighted by atomic mass is 9.98. The van der Waals surface area contributed by atoms with E-state index in [9.17, 15) is 18.0 Å². The van der Waals surface area contributed by atoms with Gasteiger partial charge in [0.05, 0.1) is 12.5 Å². The third kappa shape index (κ3) is 5.80. The van der Waals surface area contributed by atoms with E-state index >= 15 is 0 Å². The first-order valence-electron chi connectivity index (χ1n) is 6.85. The van der Waals surface area contributed by atoms with E-state index in [0.717, 1.165) is 19.3 Å². The Kier molecular flexibility index (Phi) is 5.64. The first kappa shape index (κ1) is 16.3. The third-order valence-corrected chi connectivity index (χ3v) is 3.69. The number of halogens is 3. The lowest BCUT2D eigenvalue weighted by Gasteiger charge is -2.28. The number of alkyl halides is 3. The molecule has 1 aliphatic carbocycles. The molecule has 3 nitrogen and oxygen atoms in total. The number of amides is 1. The van der Waals surface area contributed by atoms with E-state index in [4.69, 9.17) is 5.73 Å². The zero-order chi connectivity index (χ0) is 14.6. The molecule has 19 heavy (non-hydrogen) atoms. The van der Waals surface area contributed by atoms with Crippen molar-refractivity contribution in [2.75, 3.05) is 13.1 Å². The molecule has 1 saturated carbocycles.